The third-order valence-electron chi connectivity index (χ3n) is 4.38. The van der Waals surface area contributed by atoms with Crippen molar-refractivity contribution >= 4 is 33.5 Å². The van der Waals surface area contributed by atoms with E-state index in [1.165, 1.54) is 0 Å². The molecule has 0 fully saturated rings. The zero-order chi connectivity index (χ0) is 19.5. The summed E-state index contributed by atoms with van der Waals surface area (Å²) in [7, 11) is 3.14. The van der Waals surface area contributed by atoms with Crippen molar-refractivity contribution in [1.29, 1.82) is 0 Å². The van der Waals surface area contributed by atoms with E-state index in [0.717, 1.165) is 16.4 Å². The normalized spacial score (nSPS) is 10.8. The van der Waals surface area contributed by atoms with Crippen LogP contribution < -0.4 is 19.5 Å². The van der Waals surface area contributed by atoms with Gasteiger partial charge in [0, 0.05) is 22.9 Å². The average molecular weight is 377 g/mol. The number of anilines is 1. The van der Waals surface area contributed by atoms with Gasteiger partial charge in [-0.05, 0) is 24.3 Å². The molecule has 28 heavy (non-hydrogen) atoms. The lowest BCUT2D eigenvalue weighted by atomic mass is 10.1. The van der Waals surface area contributed by atoms with Gasteiger partial charge in [0.15, 0.2) is 6.61 Å². The number of hydrogen-bond donors (Lipinski definition) is 1. The highest BCUT2D eigenvalue weighted by Gasteiger charge is 2.14. The van der Waals surface area contributed by atoms with E-state index in [4.69, 9.17) is 18.6 Å². The molecule has 0 spiro atoms. The summed E-state index contributed by atoms with van der Waals surface area (Å²) in [6.45, 7) is -0.144. The number of fused-ring (bicyclic) bond motifs is 3. The van der Waals surface area contributed by atoms with Crippen LogP contribution in [-0.2, 0) is 4.79 Å². The van der Waals surface area contributed by atoms with Gasteiger partial charge >= 0.3 is 0 Å². The Bertz CT molecular complexity index is 1150. The maximum Gasteiger partial charge on any atom is 0.262 e. The largest absolute Gasteiger partial charge is 0.497 e. The lowest BCUT2D eigenvalue weighted by molar-refractivity contribution is -0.118. The van der Waals surface area contributed by atoms with E-state index in [2.05, 4.69) is 5.32 Å². The Morgan fingerprint density at radius 2 is 1.71 bits per heavy atom. The molecule has 0 aliphatic carbocycles. The number of methoxy groups -OCH3 is 2. The number of carbonyl (C=O) groups excluding carboxylic acids is 1. The second-order valence-electron chi connectivity index (χ2n) is 6.16. The van der Waals surface area contributed by atoms with Crippen LogP contribution in [0.4, 0.5) is 5.69 Å². The second kappa shape index (κ2) is 7.52. The Balaban J connectivity index is 1.54. The molecule has 1 aromatic heterocycles. The van der Waals surface area contributed by atoms with Crippen molar-refractivity contribution in [3.8, 4) is 17.2 Å². The van der Waals surface area contributed by atoms with Crippen molar-refractivity contribution in [2.24, 2.45) is 0 Å². The highest BCUT2D eigenvalue weighted by molar-refractivity contribution is 6.07. The molecule has 0 aliphatic rings. The molecule has 142 valence electrons. The lowest BCUT2D eigenvalue weighted by Crippen LogP contribution is -2.20. The summed E-state index contributed by atoms with van der Waals surface area (Å²) >= 11 is 0. The molecule has 0 bridgehead atoms. The average Bonchev–Trinajstić information content (AvgIpc) is 3.09. The minimum absolute atomic E-state index is 0.144. The fraction of sp³-hybridized carbons (Fsp3) is 0.136. The predicted molar refractivity (Wildman–Crippen MR) is 107 cm³/mol. The van der Waals surface area contributed by atoms with Crippen LogP contribution in [0.25, 0.3) is 21.9 Å². The summed E-state index contributed by atoms with van der Waals surface area (Å²) in [6, 6.07) is 18.5. The highest BCUT2D eigenvalue weighted by Crippen LogP contribution is 2.36. The molecule has 0 radical (unpaired) electrons. The minimum atomic E-state index is -0.309. The maximum atomic E-state index is 12.4. The van der Waals surface area contributed by atoms with Gasteiger partial charge < -0.3 is 23.9 Å². The van der Waals surface area contributed by atoms with Crippen molar-refractivity contribution in [2.75, 3.05) is 26.1 Å². The Kier molecular flexibility index (Phi) is 4.76. The van der Waals surface area contributed by atoms with E-state index in [1.54, 1.807) is 44.6 Å². The van der Waals surface area contributed by atoms with E-state index >= 15 is 0 Å². The molecule has 6 heteroatoms. The molecule has 0 saturated carbocycles. The number of hydrogen-bond acceptors (Lipinski definition) is 5. The van der Waals surface area contributed by atoms with E-state index in [1.807, 2.05) is 30.3 Å². The van der Waals surface area contributed by atoms with E-state index in [9.17, 15) is 4.79 Å². The van der Waals surface area contributed by atoms with Crippen molar-refractivity contribution in [2.45, 2.75) is 0 Å². The molecule has 6 nitrogen and oxygen atoms in total. The molecule has 1 amide bonds. The highest BCUT2D eigenvalue weighted by atomic mass is 16.5. The summed E-state index contributed by atoms with van der Waals surface area (Å²) in [6.07, 6.45) is 0. The molecule has 0 atom stereocenters. The van der Waals surface area contributed by atoms with E-state index in [-0.39, 0.29) is 12.5 Å². The first-order valence-electron chi connectivity index (χ1n) is 8.74. The summed E-state index contributed by atoms with van der Waals surface area (Å²) in [5.41, 5.74) is 1.98. The summed E-state index contributed by atoms with van der Waals surface area (Å²) in [5.74, 6) is 1.45. The zero-order valence-electron chi connectivity index (χ0n) is 15.5. The maximum absolute atomic E-state index is 12.4. The molecule has 1 N–H and O–H groups in total. The van der Waals surface area contributed by atoms with Gasteiger partial charge in [-0.25, -0.2) is 0 Å². The molecular formula is C22H19NO5. The molecule has 0 aliphatic heterocycles. The first-order valence-corrected chi connectivity index (χ1v) is 8.74. The lowest BCUT2D eigenvalue weighted by Gasteiger charge is -2.11. The van der Waals surface area contributed by atoms with E-state index in [0.29, 0.717) is 28.5 Å². The Hall–Kier alpha value is -3.67. The Morgan fingerprint density at radius 1 is 0.893 bits per heavy atom. The van der Waals surface area contributed by atoms with Gasteiger partial charge in [-0.15, -0.1) is 0 Å². The SMILES string of the molecule is COc1cccc(OCC(=O)Nc2cc3oc4ccccc4c3cc2OC)c1. The molecule has 3 aromatic carbocycles. The van der Waals surface area contributed by atoms with Gasteiger partial charge in [-0.2, -0.15) is 0 Å². The van der Waals surface area contributed by atoms with Crippen LogP contribution in [0.1, 0.15) is 0 Å². The van der Waals surface area contributed by atoms with Crippen LogP contribution in [0.15, 0.2) is 65.1 Å². The summed E-state index contributed by atoms with van der Waals surface area (Å²) in [5, 5.41) is 4.74. The number of furan rings is 1. The number of rotatable bonds is 6. The molecular weight excluding hydrogens is 358 g/mol. The standard InChI is InChI=1S/C22H19NO5/c1-25-14-6-5-7-15(10-14)27-13-22(24)23-18-12-20-17(11-21(18)26-2)16-8-3-4-9-19(16)28-20/h3-12H,13H2,1-2H3,(H,23,24). The van der Waals surface area contributed by atoms with Gasteiger partial charge in [0.1, 0.15) is 28.4 Å². The van der Waals surface area contributed by atoms with Crippen LogP contribution in [-0.4, -0.2) is 26.7 Å². The summed E-state index contributed by atoms with van der Waals surface area (Å²) < 4.78 is 22.0. The number of amides is 1. The van der Waals surface area contributed by atoms with Crippen molar-refractivity contribution in [3.63, 3.8) is 0 Å². The fourth-order valence-corrected chi connectivity index (χ4v) is 3.04. The van der Waals surface area contributed by atoms with Crippen LogP contribution in [0.3, 0.4) is 0 Å². The minimum Gasteiger partial charge on any atom is -0.497 e. The number of benzene rings is 3. The molecule has 1 heterocycles. The van der Waals surface area contributed by atoms with Crippen LogP contribution >= 0.6 is 0 Å². The van der Waals surface area contributed by atoms with Crippen molar-refractivity contribution in [1.82, 2.24) is 0 Å². The first kappa shape index (κ1) is 17.7. The number of carbonyl (C=O) groups is 1. The fourth-order valence-electron chi connectivity index (χ4n) is 3.04. The molecule has 0 saturated heterocycles. The van der Waals surface area contributed by atoms with E-state index < -0.39 is 0 Å². The molecule has 4 aromatic rings. The number of ether oxygens (including phenoxy) is 3. The van der Waals surface area contributed by atoms with Crippen LogP contribution in [0.2, 0.25) is 0 Å². The van der Waals surface area contributed by atoms with Crippen molar-refractivity contribution < 1.29 is 23.4 Å². The van der Waals surface area contributed by atoms with Crippen LogP contribution in [0.5, 0.6) is 17.2 Å². The van der Waals surface area contributed by atoms with Gasteiger partial charge in [0.25, 0.3) is 5.91 Å². The number of nitrogens with one attached hydrogen (secondary N) is 1. The van der Waals surface area contributed by atoms with Gasteiger partial charge in [0.05, 0.1) is 19.9 Å². The Labute approximate surface area is 161 Å². The zero-order valence-corrected chi connectivity index (χ0v) is 15.5. The molecule has 4 rings (SSSR count). The molecule has 0 unspecified atom stereocenters. The Morgan fingerprint density at radius 3 is 2.54 bits per heavy atom. The summed E-state index contributed by atoms with van der Waals surface area (Å²) in [4.78, 5) is 12.4. The quantitative estimate of drug-likeness (QED) is 0.531. The van der Waals surface area contributed by atoms with Crippen LogP contribution in [0, 0.1) is 0 Å². The topological polar surface area (TPSA) is 69.9 Å². The smallest absolute Gasteiger partial charge is 0.262 e. The van der Waals surface area contributed by atoms with Gasteiger partial charge in [-0.3, -0.25) is 4.79 Å². The van der Waals surface area contributed by atoms with Crippen molar-refractivity contribution in [3.05, 3.63) is 60.7 Å². The monoisotopic (exact) mass is 377 g/mol. The van der Waals surface area contributed by atoms with Gasteiger partial charge in [-0.1, -0.05) is 24.3 Å². The first-order chi connectivity index (χ1) is 13.7. The third-order valence-corrected chi connectivity index (χ3v) is 4.38. The number of para-hydroxylation sites is 1. The van der Waals surface area contributed by atoms with Gasteiger partial charge in [0.2, 0.25) is 0 Å². The second-order valence-corrected chi connectivity index (χ2v) is 6.16. The third kappa shape index (κ3) is 3.44. The predicted octanol–water partition coefficient (Wildman–Crippen LogP) is 4.62.